The van der Waals surface area contributed by atoms with Crippen LogP contribution in [-0.2, 0) is 6.42 Å². The van der Waals surface area contributed by atoms with Crippen LogP contribution in [0.5, 0.6) is 5.75 Å². The maximum atomic E-state index is 9.74. The first-order valence-electron chi connectivity index (χ1n) is 8.75. The Kier molecular flexibility index (Phi) is 3.34. The summed E-state index contributed by atoms with van der Waals surface area (Å²) in [4.78, 5) is 0. The molecule has 118 valence electrons. The number of benzene rings is 1. The van der Waals surface area contributed by atoms with E-state index in [1.54, 1.807) is 0 Å². The van der Waals surface area contributed by atoms with Crippen LogP contribution < -0.4 is 0 Å². The highest BCUT2D eigenvalue weighted by Gasteiger charge is 2.52. The van der Waals surface area contributed by atoms with Gasteiger partial charge in [-0.15, -0.1) is 0 Å². The average Bonchev–Trinajstić information content (AvgIpc) is 2.84. The zero-order valence-corrected chi connectivity index (χ0v) is 13.4. The van der Waals surface area contributed by atoms with Gasteiger partial charge in [-0.2, -0.15) is 0 Å². The Hall–Kier alpha value is -1.28. The molecule has 4 atom stereocenters. The number of rotatable bonds is 1. The van der Waals surface area contributed by atoms with Gasteiger partial charge in [0, 0.05) is 0 Å². The third-order valence-electron chi connectivity index (χ3n) is 6.90. The summed E-state index contributed by atoms with van der Waals surface area (Å²) in [5, 5.41) is 19.1. The summed E-state index contributed by atoms with van der Waals surface area (Å²) in [5.41, 5.74) is 4.69. The highest BCUT2D eigenvalue weighted by Crippen LogP contribution is 2.62. The van der Waals surface area contributed by atoms with Crippen molar-refractivity contribution in [2.75, 3.05) is 6.61 Å². The van der Waals surface area contributed by atoms with Gasteiger partial charge in [-0.25, -0.2) is 0 Å². The molecular weight excluding hydrogens is 272 g/mol. The van der Waals surface area contributed by atoms with Crippen LogP contribution in [0.15, 0.2) is 29.8 Å². The van der Waals surface area contributed by atoms with Crippen molar-refractivity contribution in [2.24, 2.45) is 17.3 Å². The zero-order valence-electron chi connectivity index (χ0n) is 13.4. The quantitative estimate of drug-likeness (QED) is 0.764. The minimum Gasteiger partial charge on any atom is -0.508 e. The molecule has 0 radical (unpaired) electrons. The third-order valence-corrected chi connectivity index (χ3v) is 6.90. The first kappa shape index (κ1) is 14.3. The second-order valence-electron chi connectivity index (χ2n) is 7.71. The topological polar surface area (TPSA) is 40.5 Å². The van der Waals surface area contributed by atoms with E-state index in [0.717, 1.165) is 18.3 Å². The lowest BCUT2D eigenvalue weighted by molar-refractivity contribution is 0.0809. The van der Waals surface area contributed by atoms with E-state index in [-0.39, 0.29) is 6.61 Å². The van der Waals surface area contributed by atoms with Crippen LogP contribution >= 0.6 is 0 Å². The van der Waals surface area contributed by atoms with E-state index in [0.29, 0.717) is 17.1 Å². The van der Waals surface area contributed by atoms with Gasteiger partial charge in [0.2, 0.25) is 0 Å². The number of hydrogen-bond acceptors (Lipinski definition) is 2. The standard InChI is InChI=1S/C20H26O2/c1-20-10-8-17-16-6-4-15(22)12-13(16)2-5-18(17)19(20)7-3-14(20)9-11-21/h4,6,9,12,17-19,21-22H,2-3,5,7-8,10-11H2,1H3. The number of aryl methyl sites for hydroxylation is 1. The van der Waals surface area contributed by atoms with Crippen LogP contribution in [0.4, 0.5) is 0 Å². The Morgan fingerprint density at radius 1 is 1.23 bits per heavy atom. The molecule has 0 saturated heterocycles. The van der Waals surface area contributed by atoms with E-state index in [2.05, 4.69) is 19.1 Å². The molecule has 0 bridgehead atoms. The fraction of sp³-hybridized carbons (Fsp3) is 0.600. The molecule has 2 nitrogen and oxygen atoms in total. The zero-order chi connectivity index (χ0) is 15.3. The van der Waals surface area contributed by atoms with Crippen LogP contribution in [0.2, 0.25) is 0 Å². The Bertz CT molecular complexity index is 618. The van der Waals surface area contributed by atoms with Crippen molar-refractivity contribution in [3.05, 3.63) is 41.0 Å². The van der Waals surface area contributed by atoms with Crippen molar-refractivity contribution in [3.63, 3.8) is 0 Å². The molecule has 0 aliphatic heterocycles. The minimum atomic E-state index is 0.188. The Labute approximate surface area is 132 Å². The Morgan fingerprint density at radius 3 is 2.91 bits per heavy atom. The van der Waals surface area contributed by atoms with Crippen LogP contribution in [0.25, 0.3) is 0 Å². The highest BCUT2D eigenvalue weighted by molar-refractivity contribution is 5.40. The molecular formula is C20H26O2. The van der Waals surface area contributed by atoms with Crippen LogP contribution in [0.3, 0.4) is 0 Å². The highest BCUT2D eigenvalue weighted by atomic mass is 16.3. The molecule has 4 unspecified atom stereocenters. The molecule has 2 saturated carbocycles. The van der Waals surface area contributed by atoms with Crippen molar-refractivity contribution in [2.45, 2.75) is 51.4 Å². The lowest BCUT2D eigenvalue weighted by Crippen LogP contribution is -2.40. The first-order chi connectivity index (χ1) is 10.6. The lowest BCUT2D eigenvalue weighted by Gasteiger charge is -2.49. The summed E-state index contributed by atoms with van der Waals surface area (Å²) >= 11 is 0. The molecule has 0 heterocycles. The summed E-state index contributed by atoms with van der Waals surface area (Å²) in [5.74, 6) is 2.63. The summed E-state index contributed by atoms with van der Waals surface area (Å²) < 4.78 is 0. The van der Waals surface area contributed by atoms with E-state index >= 15 is 0 Å². The van der Waals surface area contributed by atoms with Crippen LogP contribution in [0, 0.1) is 17.3 Å². The van der Waals surface area contributed by atoms with Gasteiger partial charge in [0.1, 0.15) is 5.75 Å². The lowest BCUT2D eigenvalue weighted by atomic mass is 9.55. The number of allylic oxidation sites excluding steroid dienone is 1. The maximum Gasteiger partial charge on any atom is 0.115 e. The summed E-state index contributed by atoms with van der Waals surface area (Å²) in [7, 11) is 0. The predicted molar refractivity (Wildman–Crippen MR) is 87.9 cm³/mol. The van der Waals surface area contributed by atoms with E-state index < -0.39 is 0 Å². The fourth-order valence-electron chi connectivity index (χ4n) is 5.86. The van der Waals surface area contributed by atoms with Crippen molar-refractivity contribution in [1.29, 1.82) is 0 Å². The molecule has 3 aliphatic rings. The van der Waals surface area contributed by atoms with E-state index in [9.17, 15) is 10.2 Å². The van der Waals surface area contributed by atoms with Crippen LogP contribution in [-0.4, -0.2) is 16.8 Å². The van der Waals surface area contributed by atoms with Gasteiger partial charge in [0.25, 0.3) is 0 Å². The van der Waals surface area contributed by atoms with Crippen molar-refractivity contribution in [1.82, 2.24) is 0 Å². The number of aromatic hydroxyl groups is 1. The number of fused-ring (bicyclic) bond motifs is 5. The number of aliphatic hydroxyl groups excluding tert-OH is 1. The van der Waals surface area contributed by atoms with Crippen molar-refractivity contribution >= 4 is 0 Å². The molecule has 2 fully saturated rings. The Morgan fingerprint density at radius 2 is 2.09 bits per heavy atom. The van der Waals surface area contributed by atoms with E-state index in [4.69, 9.17) is 0 Å². The van der Waals surface area contributed by atoms with Gasteiger partial charge >= 0.3 is 0 Å². The summed E-state index contributed by atoms with van der Waals surface area (Å²) in [6.07, 6.45) is 9.40. The number of hydrogen-bond donors (Lipinski definition) is 2. The number of aliphatic hydroxyl groups is 1. The van der Waals surface area contributed by atoms with E-state index in [1.807, 2.05) is 12.1 Å². The molecule has 0 aromatic heterocycles. The summed E-state index contributed by atoms with van der Waals surface area (Å²) in [6.45, 7) is 2.63. The normalized spacial score (nSPS) is 38.5. The molecule has 2 N–H and O–H groups in total. The third kappa shape index (κ3) is 1.96. The molecule has 4 rings (SSSR count). The average molecular weight is 298 g/mol. The maximum absolute atomic E-state index is 9.74. The van der Waals surface area contributed by atoms with E-state index in [1.165, 1.54) is 48.8 Å². The van der Waals surface area contributed by atoms with Crippen molar-refractivity contribution in [3.8, 4) is 5.75 Å². The van der Waals surface area contributed by atoms with Gasteiger partial charge in [-0.05, 0) is 85.0 Å². The van der Waals surface area contributed by atoms with Gasteiger partial charge < -0.3 is 10.2 Å². The summed E-state index contributed by atoms with van der Waals surface area (Å²) in [6, 6.07) is 6.01. The predicted octanol–water partition coefficient (Wildman–Crippen LogP) is 4.17. The number of phenolic OH excluding ortho intramolecular Hbond substituents is 1. The van der Waals surface area contributed by atoms with Gasteiger partial charge in [0.15, 0.2) is 0 Å². The molecule has 0 spiro atoms. The molecule has 22 heavy (non-hydrogen) atoms. The van der Waals surface area contributed by atoms with Gasteiger partial charge in [0.05, 0.1) is 6.61 Å². The van der Waals surface area contributed by atoms with Gasteiger partial charge in [-0.1, -0.05) is 24.6 Å². The van der Waals surface area contributed by atoms with Crippen molar-refractivity contribution < 1.29 is 10.2 Å². The minimum absolute atomic E-state index is 0.188. The largest absolute Gasteiger partial charge is 0.508 e. The SMILES string of the molecule is CC12CCC3c4ccc(O)cc4CCC3C1CCC2=CCO. The smallest absolute Gasteiger partial charge is 0.115 e. The molecule has 3 aliphatic carbocycles. The monoisotopic (exact) mass is 298 g/mol. The fourth-order valence-corrected chi connectivity index (χ4v) is 5.86. The molecule has 2 heteroatoms. The second-order valence-corrected chi connectivity index (χ2v) is 7.71. The number of phenols is 1. The molecule has 1 aromatic rings. The second kappa shape index (κ2) is 5.13. The van der Waals surface area contributed by atoms with Crippen LogP contribution in [0.1, 0.15) is 56.1 Å². The first-order valence-corrected chi connectivity index (χ1v) is 8.75. The molecule has 1 aromatic carbocycles. The van der Waals surface area contributed by atoms with Gasteiger partial charge in [-0.3, -0.25) is 0 Å². The Balaban J connectivity index is 1.69. The molecule has 0 amide bonds.